The quantitative estimate of drug-likeness (QED) is 0.899. The molecular weight excluding hydrogens is 266 g/mol. The van der Waals surface area contributed by atoms with Gasteiger partial charge in [0.05, 0.1) is 7.11 Å². The van der Waals surface area contributed by atoms with Crippen LogP contribution < -0.4 is 15.4 Å². The van der Waals surface area contributed by atoms with Crippen molar-refractivity contribution in [3.05, 3.63) is 24.3 Å². The van der Waals surface area contributed by atoms with Crippen molar-refractivity contribution in [1.29, 1.82) is 0 Å². The third kappa shape index (κ3) is 2.71. The molecule has 6 heteroatoms. The van der Waals surface area contributed by atoms with Crippen molar-refractivity contribution in [2.75, 3.05) is 18.6 Å². The van der Waals surface area contributed by atoms with Gasteiger partial charge in [0.1, 0.15) is 5.75 Å². The predicted octanol–water partition coefficient (Wildman–Crippen LogP) is 1.80. The van der Waals surface area contributed by atoms with E-state index in [9.17, 15) is 0 Å². The summed E-state index contributed by atoms with van der Waals surface area (Å²) in [5.74, 6) is 2.27. The van der Waals surface area contributed by atoms with E-state index >= 15 is 0 Å². The average Bonchev–Trinajstić information content (AvgIpc) is 3.00. The van der Waals surface area contributed by atoms with Crippen LogP contribution in [0.1, 0.15) is 19.8 Å². The first-order valence-electron chi connectivity index (χ1n) is 7.28. The number of hydrogen-bond acceptors (Lipinski definition) is 5. The van der Waals surface area contributed by atoms with Gasteiger partial charge in [0.25, 0.3) is 0 Å². The minimum Gasteiger partial charge on any atom is -0.497 e. The number of nitrogens with two attached hydrogens (primary N) is 1. The number of H-pyrrole nitrogens is 1. The fourth-order valence-electron chi connectivity index (χ4n) is 2.74. The molecule has 1 aliphatic heterocycles. The average molecular weight is 287 g/mol. The third-order valence-electron chi connectivity index (χ3n) is 4.12. The van der Waals surface area contributed by atoms with Gasteiger partial charge in [-0.3, -0.25) is 5.10 Å². The maximum absolute atomic E-state index is 6.14. The molecule has 0 saturated carbocycles. The van der Waals surface area contributed by atoms with E-state index in [2.05, 4.69) is 27.0 Å². The van der Waals surface area contributed by atoms with Gasteiger partial charge in [-0.1, -0.05) is 12.1 Å². The highest BCUT2D eigenvalue weighted by Crippen LogP contribution is 2.25. The van der Waals surface area contributed by atoms with Gasteiger partial charge < -0.3 is 15.4 Å². The molecule has 0 spiro atoms. The summed E-state index contributed by atoms with van der Waals surface area (Å²) in [5, 5.41) is 7.36. The third-order valence-corrected chi connectivity index (χ3v) is 4.12. The molecule has 0 radical (unpaired) electrons. The number of hydrogen-bond donors (Lipinski definition) is 2. The number of piperidine rings is 1. The number of aromatic amines is 1. The fraction of sp³-hybridized carbons (Fsp3) is 0.467. The zero-order valence-corrected chi connectivity index (χ0v) is 12.4. The summed E-state index contributed by atoms with van der Waals surface area (Å²) < 4.78 is 5.24. The predicted molar refractivity (Wildman–Crippen MR) is 82.4 cm³/mol. The Morgan fingerprint density at radius 3 is 3.10 bits per heavy atom. The normalized spacial score (nSPS) is 22.3. The van der Waals surface area contributed by atoms with E-state index in [-0.39, 0.29) is 12.1 Å². The molecule has 21 heavy (non-hydrogen) atoms. The molecule has 1 aliphatic rings. The molecular formula is C15H21N5O. The molecule has 0 amide bonds. The molecule has 112 valence electrons. The SMILES string of the molecule is COc1cccc(-c2nc(N3CCCC(N)C3C)n[nH]2)c1. The van der Waals surface area contributed by atoms with Crippen LogP contribution in [0.2, 0.25) is 0 Å². The summed E-state index contributed by atoms with van der Waals surface area (Å²) in [6, 6.07) is 8.21. The highest BCUT2D eigenvalue weighted by atomic mass is 16.5. The van der Waals surface area contributed by atoms with Gasteiger partial charge in [-0.05, 0) is 31.9 Å². The van der Waals surface area contributed by atoms with Crippen LogP contribution in [0.25, 0.3) is 11.4 Å². The van der Waals surface area contributed by atoms with E-state index in [4.69, 9.17) is 10.5 Å². The van der Waals surface area contributed by atoms with Crippen LogP contribution in [0.15, 0.2) is 24.3 Å². The summed E-state index contributed by atoms with van der Waals surface area (Å²) in [5.41, 5.74) is 7.10. The molecule has 1 aromatic carbocycles. The first kappa shape index (κ1) is 13.9. The number of rotatable bonds is 3. The number of benzene rings is 1. The van der Waals surface area contributed by atoms with E-state index in [0.717, 1.165) is 42.5 Å². The van der Waals surface area contributed by atoms with E-state index in [1.165, 1.54) is 0 Å². The molecule has 2 unspecified atom stereocenters. The lowest BCUT2D eigenvalue weighted by Crippen LogP contribution is -2.50. The van der Waals surface area contributed by atoms with Crippen molar-refractivity contribution in [1.82, 2.24) is 15.2 Å². The van der Waals surface area contributed by atoms with E-state index in [1.807, 2.05) is 24.3 Å². The molecule has 1 fully saturated rings. The molecule has 3 N–H and O–H groups in total. The maximum atomic E-state index is 6.14. The molecule has 2 atom stereocenters. The van der Waals surface area contributed by atoms with Gasteiger partial charge in [0.15, 0.2) is 5.82 Å². The number of ether oxygens (including phenoxy) is 1. The Hall–Kier alpha value is -2.08. The smallest absolute Gasteiger partial charge is 0.245 e. The van der Waals surface area contributed by atoms with Crippen LogP contribution in [-0.2, 0) is 0 Å². The van der Waals surface area contributed by atoms with Crippen molar-refractivity contribution in [3.8, 4) is 17.1 Å². The Labute approximate surface area is 124 Å². The fourth-order valence-corrected chi connectivity index (χ4v) is 2.74. The Balaban J connectivity index is 1.85. The van der Waals surface area contributed by atoms with E-state index < -0.39 is 0 Å². The van der Waals surface area contributed by atoms with Gasteiger partial charge in [-0.15, -0.1) is 5.10 Å². The molecule has 2 heterocycles. The van der Waals surface area contributed by atoms with Gasteiger partial charge in [0, 0.05) is 24.2 Å². The van der Waals surface area contributed by atoms with Gasteiger partial charge in [-0.2, -0.15) is 4.98 Å². The topological polar surface area (TPSA) is 80.1 Å². The zero-order valence-electron chi connectivity index (χ0n) is 12.4. The first-order chi connectivity index (χ1) is 10.2. The number of nitrogens with one attached hydrogen (secondary N) is 1. The van der Waals surface area contributed by atoms with Crippen LogP contribution in [0, 0.1) is 0 Å². The van der Waals surface area contributed by atoms with Gasteiger partial charge in [-0.25, -0.2) is 0 Å². The molecule has 6 nitrogen and oxygen atoms in total. The summed E-state index contributed by atoms with van der Waals surface area (Å²) in [6.07, 6.45) is 2.14. The number of nitrogens with zero attached hydrogens (tertiary/aromatic N) is 3. The van der Waals surface area contributed by atoms with Crippen molar-refractivity contribution in [2.24, 2.45) is 5.73 Å². The monoisotopic (exact) mass is 287 g/mol. The van der Waals surface area contributed by atoms with Crippen molar-refractivity contribution >= 4 is 5.95 Å². The molecule has 3 rings (SSSR count). The van der Waals surface area contributed by atoms with Gasteiger partial charge >= 0.3 is 0 Å². The minimum absolute atomic E-state index is 0.178. The van der Waals surface area contributed by atoms with Crippen LogP contribution in [0.3, 0.4) is 0 Å². The molecule has 1 saturated heterocycles. The Bertz CT molecular complexity index is 612. The molecule has 0 aliphatic carbocycles. The second kappa shape index (κ2) is 5.73. The largest absolute Gasteiger partial charge is 0.497 e. The van der Waals surface area contributed by atoms with Crippen LogP contribution in [-0.4, -0.2) is 40.9 Å². The Morgan fingerprint density at radius 1 is 1.43 bits per heavy atom. The molecule has 0 bridgehead atoms. The highest BCUT2D eigenvalue weighted by molar-refractivity contribution is 5.58. The lowest BCUT2D eigenvalue weighted by atomic mass is 9.99. The number of aromatic nitrogens is 3. The van der Waals surface area contributed by atoms with Gasteiger partial charge in [0.2, 0.25) is 5.95 Å². The molecule has 2 aromatic rings. The lowest BCUT2D eigenvalue weighted by Gasteiger charge is -2.36. The standard InChI is InChI=1S/C15H21N5O/c1-10-13(16)7-4-8-20(10)15-17-14(18-19-15)11-5-3-6-12(9-11)21-2/h3,5-6,9-10,13H,4,7-8,16H2,1-2H3,(H,17,18,19). The highest BCUT2D eigenvalue weighted by Gasteiger charge is 2.27. The lowest BCUT2D eigenvalue weighted by molar-refractivity contribution is 0.415. The summed E-state index contributed by atoms with van der Waals surface area (Å²) >= 11 is 0. The van der Waals surface area contributed by atoms with Crippen molar-refractivity contribution < 1.29 is 4.74 Å². The summed E-state index contributed by atoms with van der Waals surface area (Å²) in [7, 11) is 1.65. The number of methoxy groups -OCH3 is 1. The maximum Gasteiger partial charge on any atom is 0.245 e. The van der Waals surface area contributed by atoms with E-state index in [0.29, 0.717) is 0 Å². The second-order valence-electron chi connectivity index (χ2n) is 5.46. The second-order valence-corrected chi connectivity index (χ2v) is 5.46. The van der Waals surface area contributed by atoms with Crippen LogP contribution >= 0.6 is 0 Å². The Morgan fingerprint density at radius 2 is 2.29 bits per heavy atom. The minimum atomic E-state index is 0.178. The summed E-state index contributed by atoms with van der Waals surface area (Å²) in [4.78, 5) is 6.79. The first-order valence-corrected chi connectivity index (χ1v) is 7.28. The van der Waals surface area contributed by atoms with Crippen molar-refractivity contribution in [3.63, 3.8) is 0 Å². The zero-order chi connectivity index (χ0) is 14.8. The Kier molecular flexibility index (Phi) is 3.79. The molecule has 1 aromatic heterocycles. The van der Waals surface area contributed by atoms with Crippen molar-refractivity contribution in [2.45, 2.75) is 31.8 Å². The summed E-state index contributed by atoms with van der Waals surface area (Å²) in [6.45, 7) is 3.08. The van der Waals surface area contributed by atoms with Crippen LogP contribution in [0.4, 0.5) is 5.95 Å². The van der Waals surface area contributed by atoms with Crippen LogP contribution in [0.5, 0.6) is 5.75 Å². The number of anilines is 1. The van der Waals surface area contributed by atoms with E-state index in [1.54, 1.807) is 7.11 Å².